The molecule has 5 heteroatoms. The van der Waals surface area contributed by atoms with E-state index in [-0.39, 0.29) is 24.8 Å². The van der Waals surface area contributed by atoms with Gasteiger partial charge in [-0.25, -0.2) is 0 Å². The third-order valence-electron chi connectivity index (χ3n) is 3.48. The molecule has 1 aromatic carbocycles. The molecule has 2 aliphatic rings. The van der Waals surface area contributed by atoms with Crippen molar-refractivity contribution >= 4 is 5.91 Å². The summed E-state index contributed by atoms with van der Waals surface area (Å²) in [5, 5.41) is 2.97. The minimum atomic E-state index is -0.295. The van der Waals surface area contributed by atoms with Crippen LogP contribution in [-0.4, -0.2) is 25.4 Å². The van der Waals surface area contributed by atoms with Gasteiger partial charge >= 0.3 is 0 Å². The molecule has 0 radical (unpaired) electrons. The van der Waals surface area contributed by atoms with Crippen molar-refractivity contribution in [1.82, 2.24) is 5.32 Å². The van der Waals surface area contributed by atoms with Gasteiger partial charge in [0.2, 0.25) is 12.7 Å². The van der Waals surface area contributed by atoms with Gasteiger partial charge in [-0.15, -0.1) is 0 Å². The topological polar surface area (TPSA) is 56.8 Å². The molecule has 2 aliphatic heterocycles. The predicted octanol–water partition coefficient (Wildman–Crippen LogP) is 1.77. The first-order valence-electron chi connectivity index (χ1n) is 6.55. The van der Waals surface area contributed by atoms with Crippen molar-refractivity contribution in [3.63, 3.8) is 0 Å². The van der Waals surface area contributed by atoms with E-state index >= 15 is 0 Å². The minimum absolute atomic E-state index is 0.0392. The molecule has 1 aromatic rings. The van der Waals surface area contributed by atoms with Gasteiger partial charge in [0.15, 0.2) is 11.5 Å². The van der Waals surface area contributed by atoms with Crippen LogP contribution in [-0.2, 0) is 9.53 Å². The monoisotopic (exact) mass is 263 g/mol. The lowest BCUT2D eigenvalue weighted by Crippen LogP contribution is -2.35. The third-order valence-corrected chi connectivity index (χ3v) is 3.48. The molecule has 1 saturated heterocycles. The molecule has 1 N–H and O–H groups in total. The fourth-order valence-electron chi connectivity index (χ4n) is 2.36. The lowest BCUT2D eigenvalue weighted by molar-refractivity contribution is -0.130. The Labute approximate surface area is 111 Å². The van der Waals surface area contributed by atoms with E-state index in [4.69, 9.17) is 14.2 Å². The van der Waals surface area contributed by atoms with Crippen LogP contribution in [0.5, 0.6) is 11.5 Å². The Hall–Kier alpha value is -1.75. The van der Waals surface area contributed by atoms with Crippen molar-refractivity contribution in [3.8, 4) is 11.5 Å². The van der Waals surface area contributed by atoms with E-state index in [0.29, 0.717) is 6.61 Å². The van der Waals surface area contributed by atoms with Crippen molar-refractivity contribution in [2.45, 2.75) is 31.9 Å². The number of nitrogens with one attached hydrogen (secondary N) is 1. The van der Waals surface area contributed by atoms with Crippen molar-refractivity contribution in [1.29, 1.82) is 0 Å². The lowest BCUT2D eigenvalue weighted by Gasteiger charge is -2.17. The van der Waals surface area contributed by atoms with Gasteiger partial charge in [0.1, 0.15) is 6.10 Å². The van der Waals surface area contributed by atoms with Gasteiger partial charge in [0, 0.05) is 6.61 Å². The number of ether oxygens (including phenoxy) is 3. The molecule has 2 atom stereocenters. The van der Waals surface area contributed by atoms with Gasteiger partial charge < -0.3 is 19.5 Å². The Bertz CT molecular complexity index is 482. The second kappa shape index (κ2) is 5.09. The van der Waals surface area contributed by atoms with Gasteiger partial charge in [0.05, 0.1) is 6.04 Å². The number of rotatable bonds is 3. The number of carbonyl (C=O) groups is 1. The SMILES string of the molecule is C[C@H](NC(=O)[C@@H]1CCCO1)c1ccc2c(c1)OCO2. The number of hydrogen-bond donors (Lipinski definition) is 1. The van der Waals surface area contributed by atoms with E-state index in [9.17, 15) is 4.79 Å². The number of hydrogen-bond acceptors (Lipinski definition) is 4. The maximum atomic E-state index is 12.0. The molecule has 0 aliphatic carbocycles. The second-order valence-electron chi connectivity index (χ2n) is 4.84. The molecule has 102 valence electrons. The highest BCUT2D eigenvalue weighted by molar-refractivity contribution is 5.81. The van der Waals surface area contributed by atoms with Gasteiger partial charge in [-0.1, -0.05) is 6.07 Å². The molecule has 0 bridgehead atoms. The highest BCUT2D eigenvalue weighted by Gasteiger charge is 2.25. The summed E-state index contributed by atoms with van der Waals surface area (Å²) < 4.78 is 16.0. The number of benzene rings is 1. The molecule has 2 heterocycles. The number of carbonyl (C=O) groups excluding carboxylic acids is 1. The Balaban J connectivity index is 1.66. The molecule has 5 nitrogen and oxygen atoms in total. The van der Waals surface area contributed by atoms with E-state index in [2.05, 4.69) is 5.32 Å². The summed E-state index contributed by atoms with van der Waals surface area (Å²) in [5.74, 6) is 1.44. The smallest absolute Gasteiger partial charge is 0.249 e. The molecule has 0 unspecified atom stereocenters. The fraction of sp³-hybridized carbons (Fsp3) is 0.500. The molecular formula is C14H17NO4. The summed E-state index contributed by atoms with van der Waals surface area (Å²) in [5.41, 5.74) is 0.996. The summed E-state index contributed by atoms with van der Waals surface area (Å²) in [6, 6.07) is 5.63. The van der Waals surface area contributed by atoms with E-state index in [1.54, 1.807) is 0 Å². The van der Waals surface area contributed by atoms with Crippen LogP contribution in [0.15, 0.2) is 18.2 Å². The van der Waals surface area contributed by atoms with E-state index in [1.807, 2.05) is 25.1 Å². The first kappa shape index (κ1) is 12.3. The first-order chi connectivity index (χ1) is 9.24. The molecule has 0 saturated carbocycles. The lowest BCUT2D eigenvalue weighted by atomic mass is 10.1. The minimum Gasteiger partial charge on any atom is -0.454 e. The highest BCUT2D eigenvalue weighted by atomic mass is 16.7. The third kappa shape index (κ3) is 2.51. The second-order valence-corrected chi connectivity index (χ2v) is 4.84. The molecule has 0 aromatic heterocycles. The molecule has 19 heavy (non-hydrogen) atoms. The first-order valence-corrected chi connectivity index (χ1v) is 6.55. The number of fused-ring (bicyclic) bond motifs is 1. The molecule has 1 amide bonds. The largest absolute Gasteiger partial charge is 0.454 e. The summed E-state index contributed by atoms with van der Waals surface area (Å²) in [6.07, 6.45) is 1.47. The quantitative estimate of drug-likeness (QED) is 0.903. The van der Waals surface area contributed by atoms with Crippen LogP contribution >= 0.6 is 0 Å². The maximum Gasteiger partial charge on any atom is 0.249 e. The predicted molar refractivity (Wildman–Crippen MR) is 68.1 cm³/mol. The number of amides is 1. The highest BCUT2D eigenvalue weighted by Crippen LogP contribution is 2.34. The van der Waals surface area contributed by atoms with E-state index in [0.717, 1.165) is 29.9 Å². The van der Waals surface area contributed by atoms with Crippen LogP contribution in [0.25, 0.3) is 0 Å². The molecule has 1 fully saturated rings. The zero-order valence-corrected chi connectivity index (χ0v) is 10.8. The summed E-state index contributed by atoms with van der Waals surface area (Å²) in [4.78, 5) is 12.0. The summed E-state index contributed by atoms with van der Waals surface area (Å²) >= 11 is 0. The van der Waals surface area contributed by atoms with Crippen LogP contribution < -0.4 is 14.8 Å². The van der Waals surface area contributed by atoms with Gasteiger partial charge in [-0.3, -0.25) is 4.79 Å². The van der Waals surface area contributed by atoms with Crippen LogP contribution in [0, 0.1) is 0 Å². The fourth-order valence-corrected chi connectivity index (χ4v) is 2.36. The Kier molecular flexibility index (Phi) is 3.29. The van der Waals surface area contributed by atoms with Crippen LogP contribution in [0.2, 0.25) is 0 Å². The van der Waals surface area contributed by atoms with E-state index in [1.165, 1.54) is 0 Å². The van der Waals surface area contributed by atoms with Gasteiger partial charge in [0.25, 0.3) is 0 Å². The van der Waals surface area contributed by atoms with E-state index < -0.39 is 0 Å². The standard InChI is InChI=1S/C14H17NO4/c1-9(15-14(16)12-3-2-6-17-12)10-4-5-11-13(7-10)19-8-18-11/h4-5,7,9,12H,2-3,6,8H2,1H3,(H,15,16)/t9-,12-/m0/s1. The van der Waals surface area contributed by atoms with Crippen LogP contribution in [0.1, 0.15) is 31.4 Å². The Morgan fingerprint density at radius 3 is 3.00 bits per heavy atom. The average Bonchev–Trinajstić information content (AvgIpc) is 3.09. The maximum absolute atomic E-state index is 12.0. The van der Waals surface area contributed by atoms with Crippen LogP contribution in [0.3, 0.4) is 0 Å². The van der Waals surface area contributed by atoms with Crippen molar-refractivity contribution in [2.24, 2.45) is 0 Å². The van der Waals surface area contributed by atoms with Crippen molar-refractivity contribution in [3.05, 3.63) is 23.8 Å². The zero-order chi connectivity index (χ0) is 13.2. The summed E-state index contributed by atoms with van der Waals surface area (Å²) in [7, 11) is 0. The van der Waals surface area contributed by atoms with Gasteiger partial charge in [-0.05, 0) is 37.5 Å². The van der Waals surface area contributed by atoms with Crippen molar-refractivity contribution in [2.75, 3.05) is 13.4 Å². The summed E-state index contributed by atoms with van der Waals surface area (Å²) in [6.45, 7) is 2.89. The van der Waals surface area contributed by atoms with Crippen molar-refractivity contribution < 1.29 is 19.0 Å². The Morgan fingerprint density at radius 2 is 2.21 bits per heavy atom. The average molecular weight is 263 g/mol. The van der Waals surface area contributed by atoms with Gasteiger partial charge in [-0.2, -0.15) is 0 Å². The molecular weight excluding hydrogens is 246 g/mol. The van der Waals surface area contributed by atoms with Crippen LogP contribution in [0.4, 0.5) is 0 Å². The zero-order valence-electron chi connectivity index (χ0n) is 10.8. The molecule has 0 spiro atoms. The normalized spacial score (nSPS) is 22.3. The molecule has 3 rings (SSSR count). The Morgan fingerprint density at radius 1 is 1.37 bits per heavy atom.